The van der Waals surface area contributed by atoms with Gasteiger partial charge in [0, 0.05) is 17.8 Å². The average molecular weight is 398 g/mol. The lowest BCUT2D eigenvalue weighted by molar-refractivity contribution is 0.0951. The third-order valence-corrected chi connectivity index (χ3v) is 5.49. The van der Waals surface area contributed by atoms with E-state index in [0.717, 1.165) is 11.1 Å². The van der Waals surface area contributed by atoms with Crippen molar-refractivity contribution in [2.45, 2.75) is 18.4 Å². The molecule has 0 unspecified atom stereocenters. The molecule has 144 valence electrons. The maximum atomic E-state index is 12.9. The zero-order valence-corrected chi connectivity index (χ0v) is 16.0. The summed E-state index contributed by atoms with van der Waals surface area (Å²) in [6.45, 7) is 2.37. The highest BCUT2D eigenvalue weighted by Crippen LogP contribution is 2.17. The first-order valence-corrected chi connectivity index (χ1v) is 10.0. The van der Waals surface area contributed by atoms with E-state index in [2.05, 4.69) is 10.0 Å². The Morgan fingerprint density at radius 1 is 0.893 bits per heavy atom. The number of rotatable bonds is 6. The Kier molecular flexibility index (Phi) is 5.75. The van der Waals surface area contributed by atoms with E-state index < -0.39 is 15.8 Å². The molecule has 0 heterocycles. The van der Waals surface area contributed by atoms with E-state index >= 15 is 0 Å². The smallest absolute Gasteiger partial charge is 0.261 e. The second kappa shape index (κ2) is 8.22. The minimum atomic E-state index is -3.83. The van der Waals surface area contributed by atoms with Crippen LogP contribution in [-0.4, -0.2) is 14.3 Å². The van der Waals surface area contributed by atoms with Crippen molar-refractivity contribution in [2.75, 3.05) is 4.72 Å². The summed E-state index contributed by atoms with van der Waals surface area (Å²) in [5.74, 6) is -0.750. The van der Waals surface area contributed by atoms with Gasteiger partial charge in [-0.1, -0.05) is 29.8 Å². The first-order valence-electron chi connectivity index (χ1n) is 8.56. The molecule has 0 spiro atoms. The standard InChI is InChI=1S/C21H19FN2O3S/c1-15-2-4-16(5-3-15)14-23-21(25)17-6-12-20(13-7-17)28(26,27)24-19-10-8-18(22)9-11-19/h2-13,24H,14H2,1H3,(H,23,25). The van der Waals surface area contributed by atoms with Crippen molar-refractivity contribution in [1.82, 2.24) is 5.32 Å². The van der Waals surface area contributed by atoms with Crippen LogP contribution >= 0.6 is 0 Å². The Morgan fingerprint density at radius 3 is 2.11 bits per heavy atom. The van der Waals surface area contributed by atoms with E-state index in [9.17, 15) is 17.6 Å². The zero-order chi connectivity index (χ0) is 20.1. The molecule has 2 N–H and O–H groups in total. The summed E-state index contributed by atoms with van der Waals surface area (Å²) in [4.78, 5) is 12.3. The third-order valence-electron chi connectivity index (χ3n) is 4.10. The Morgan fingerprint density at radius 2 is 1.50 bits per heavy atom. The summed E-state index contributed by atoms with van der Waals surface area (Å²) in [6.07, 6.45) is 0. The van der Waals surface area contributed by atoms with Gasteiger partial charge in [-0.2, -0.15) is 0 Å². The number of benzene rings is 3. The molecule has 7 heteroatoms. The molecule has 0 aliphatic rings. The van der Waals surface area contributed by atoms with Crippen LogP contribution in [0.3, 0.4) is 0 Å². The minimum absolute atomic E-state index is 0.00640. The number of carbonyl (C=O) groups excluding carboxylic acids is 1. The number of sulfonamides is 1. The van der Waals surface area contributed by atoms with Gasteiger partial charge in [-0.3, -0.25) is 9.52 Å². The van der Waals surface area contributed by atoms with Crippen LogP contribution in [0.2, 0.25) is 0 Å². The van der Waals surface area contributed by atoms with Gasteiger partial charge in [0.1, 0.15) is 5.82 Å². The third kappa shape index (κ3) is 4.95. The molecule has 0 radical (unpaired) electrons. The van der Waals surface area contributed by atoms with Gasteiger partial charge in [0.25, 0.3) is 15.9 Å². The molecule has 1 amide bonds. The molecular formula is C21H19FN2O3S. The van der Waals surface area contributed by atoms with Crippen molar-refractivity contribution in [3.05, 3.63) is 95.3 Å². The summed E-state index contributed by atoms with van der Waals surface area (Å²) in [6, 6.07) is 18.4. The molecule has 3 aromatic carbocycles. The number of nitrogens with one attached hydrogen (secondary N) is 2. The van der Waals surface area contributed by atoms with E-state index in [0.29, 0.717) is 12.1 Å². The van der Waals surface area contributed by atoms with Crippen LogP contribution in [0.15, 0.2) is 77.7 Å². The van der Waals surface area contributed by atoms with Crippen LogP contribution in [0.5, 0.6) is 0 Å². The fourth-order valence-corrected chi connectivity index (χ4v) is 3.57. The fraction of sp³-hybridized carbons (Fsp3) is 0.0952. The number of amides is 1. The van der Waals surface area contributed by atoms with Crippen LogP contribution < -0.4 is 10.0 Å². The van der Waals surface area contributed by atoms with Crippen molar-refractivity contribution in [1.29, 1.82) is 0 Å². The highest BCUT2D eigenvalue weighted by Gasteiger charge is 2.15. The van der Waals surface area contributed by atoms with Crippen molar-refractivity contribution < 1.29 is 17.6 Å². The van der Waals surface area contributed by atoms with Crippen LogP contribution in [0.25, 0.3) is 0 Å². The van der Waals surface area contributed by atoms with Gasteiger partial charge < -0.3 is 5.32 Å². The molecule has 0 saturated carbocycles. The molecule has 0 aliphatic heterocycles. The lowest BCUT2D eigenvalue weighted by Crippen LogP contribution is -2.23. The van der Waals surface area contributed by atoms with Crippen molar-refractivity contribution in [2.24, 2.45) is 0 Å². The second-order valence-corrected chi connectivity index (χ2v) is 7.99. The van der Waals surface area contributed by atoms with Crippen LogP contribution in [0, 0.1) is 12.7 Å². The maximum Gasteiger partial charge on any atom is 0.261 e. The molecule has 5 nitrogen and oxygen atoms in total. The Bertz CT molecular complexity index is 1060. The summed E-state index contributed by atoms with van der Waals surface area (Å²) in [7, 11) is -3.83. The van der Waals surface area contributed by atoms with Crippen LogP contribution in [-0.2, 0) is 16.6 Å². The van der Waals surface area contributed by atoms with Crippen molar-refractivity contribution >= 4 is 21.6 Å². The van der Waals surface area contributed by atoms with Gasteiger partial charge in [0.15, 0.2) is 0 Å². The van der Waals surface area contributed by atoms with Gasteiger partial charge in [-0.05, 0) is 61.0 Å². The number of anilines is 1. The summed E-state index contributed by atoms with van der Waals surface area (Å²) < 4.78 is 40.1. The molecular weight excluding hydrogens is 379 g/mol. The van der Waals surface area contributed by atoms with E-state index in [4.69, 9.17) is 0 Å². The number of aryl methyl sites for hydroxylation is 1. The molecule has 0 bridgehead atoms. The van der Waals surface area contributed by atoms with Crippen molar-refractivity contribution in [3.63, 3.8) is 0 Å². The molecule has 0 aromatic heterocycles. The van der Waals surface area contributed by atoms with Gasteiger partial charge in [0.2, 0.25) is 0 Å². The van der Waals surface area contributed by atoms with Crippen molar-refractivity contribution in [3.8, 4) is 0 Å². The number of hydrogen-bond acceptors (Lipinski definition) is 3. The molecule has 0 aliphatic carbocycles. The zero-order valence-electron chi connectivity index (χ0n) is 15.1. The van der Waals surface area contributed by atoms with Gasteiger partial charge in [-0.25, -0.2) is 12.8 Å². The topological polar surface area (TPSA) is 75.3 Å². The lowest BCUT2D eigenvalue weighted by Gasteiger charge is -2.09. The predicted octanol–water partition coefficient (Wildman–Crippen LogP) is 3.86. The second-order valence-electron chi connectivity index (χ2n) is 6.31. The fourth-order valence-electron chi connectivity index (χ4n) is 2.51. The first kappa shape index (κ1) is 19.6. The van der Waals surface area contributed by atoms with Gasteiger partial charge >= 0.3 is 0 Å². The number of hydrogen-bond donors (Lipinski definition) is 2. The minimum Gasteiger partial charge on any atom is -0.348 e. The van der Waals surface area contributed by atoms with Crippen LogP contribution in [0.1, 0.15) is 21.5 Å². The summed E-state index contributed by atoms with van der Waals surface area (Å²) >= 11 is 0. The highest BCUT2D eigenvalue weighted by atomic mass is 32.2. The van der Waals surface area contributed by atoms with E-state index in [-0.39, 0.29) is 16.5 Å². The molecule has 3 rings (SSSR count). The Labute approximate surface area is 163 Å². The Hall–Kier alpha value is -3.19. The highest BCUT2D eigenvalue weighted by molar-refractivity contribution is 7.92. The molecule has 0 fully saturated rings. The SMILES string of the molecule is Cc1ccc(CNC(=O)c2ccc(S(=O)(=O)Nc3ccc(F)cc3)cc2)cc1. The molecule has 0 saturated heterocycles. The normalized spacial score (nSPS) is 11.1. The average Bonchev–Trinajstić information content (AvgIpc) is 2.69. The molecule has 28 heavy (non-hydrogen) atoms. The van der Waals surface area contributed by atoms with E-state index in [1.165, 1.54) is 48.5 Å². The summed E-state index contributed by atoms with van der Waals surface area (Å²) in [5.41, 5.74) is 2.72. The van der Waals surface area contributed by atoms with Gasteiger partial charge in [-0.15, -0.1) is 0 Å². The monoisotopic (exact) mass is 398 g/mol. The van der Waals surface area contributed by atoms with E-state index in [1.807, 2.05) is 31.2 Å². The lowest BCUT2D eigenvalue weighted by atomic mass is 10.1. The largest absolute Gasteiger partial charge is 0.348 e. The van der Waals surface area contributed by atoms with E-state index in [1.54, 1.807) is 0 Å². The predicted molar refractivity (Wildman–Crippen MR) is 106 cm³/mol. The van der Waals surface area contributed by atoms with Crippen LogP contribution in [0.4, 0.5) is 10.1 Å². The Balaban J connectivity index is 1.65. The first-order chi connectivity index (χ1) is 13.3. The summed E-state index contributed by atoms with van der Waals surface area (Å²) in [5, 5.41) is 2.80. The molecule has 3 aromatic rings. The maximum absolute atomic E-state index is 12.9. The number of halogens is 1. The number of carbonyl (C=O) groups is 1. The van der Waals surface area contributed by atoms with Gasteiger partial charge in [0.05, 0.1) is 4.90 Å². The molecule has 0 atom stereocenters. The quantitative estimate of drug-likeness (QED) is 0.662.